The van der Waals surface area contributed by atoms with E-state index in [1.165, 1.54) is 7.05 Å². The minimum atomic E-state index is -1.11. The Hall–Kier alpha value is -1.28. The second kappa shape index (κ2) is 7.91. The monoisotopic (exact) mass is 263 g/mol. The zero-order valence-corrected chi connectivity index (χ0v) is 10.5. The van der Waals surface area contributed by atoms with Crippen LogP contribution in [-0.2, 0) is 14.4 Å². The van der Waals surface area contributed by atoms with Gasteiger partial charge in [0.05, 0.1) is 6.04 Å². The van der Waals surface area contributed by atoms with Crippen molar-refractivity contribution in [1.82, 2.24) is 10.6 Å². The molecule has 0 aliphatic heterocycles. The number of hydrogen-bond donors (Lipinski definition) is 4. The first-order valence-electron chi connectivity index (χ1n) is 4.94. The second-order valence-electron chi connectivity index (χ2n) is 3.29. The molecule has 1 unspecified atom stereocenters. The zero-order valence-electron chi connectivity index (χ0n) is 9.73. The van der Waals surface area contributed by atoms with Crippen LogP contribution in [0.15, 0.2) is 0 Å². The third-order valence-corrected chi connectivity index (χ3v) is 3.33. The number of likely N-dealkylation sites (N-methyl/N-ethyl adjacent to an activating group) is 2. The molecule has 0 aliphatic carbocycles. The summed E-state index contributed by atoms with van der Waals surface area (Å²) >= 11 is 1.01. The van der Waals surface area contributed by atoms with Crippen LogP contribution in [0, 0.1) is 0 Å². The standard InChI is InChI=1S/C9H17N3O4S/c1-11-5(8(14)12-2)4-17-6(9(15)16)3-7(10)13/h5-6,11H,3-4H2,1-2H3,(H2,10,13)(H,12,14)(H,15,16)/t5-,6?/m0/s1. The van der Waals surface area contributed by atoms with Gasteiger partial charge in [-0.25, -0.2) is 0 Å². The van der Waals surface area contributed by atoms with E-state index < -0.39 is 23.2 Å². The van der Waals surface area contributed by atoms with Crippen molar-refractivity contribution in [3.63, 3.8) is 0 Å². The van der Waals surface area contributed by atoms with Crippen molar-refractivity contribution in [2.45, 2.75) is 17.7 Å². The molecule has 5 N–H and O–H groups in total. The van der Waals surface area contributed by atoms with Crippen LogP contribution in [0.25, 0.3) is 0 Å². The molecular formula is C9H17N3O4S. The van der Waals surface area contributed by atoms with Crippen molar-refractivity contribution >= 4 is 29.5 Å². The van der Waals surface area contributed by atoms with Crippen molar-refractivity contribution in [2.75, 3.05) is 19.8 Å². The lowest BCUT2D eigenvalue weighted by Crippen LogP contribution is -2.43. The Labute approximate surface area is 104 Å². The largest absolute Gasteiger partial charge is 0.480 e. The fourth-order valence-corrected chi connectivity index (χ4v) is 2.24. The van der Waals surface area contributed by atoms with Gasteiger partial charge in [-0.3, -0.25) is 14.4 Å². The fourth-order valence-electron chi connectivity index (χ4n) is 1.08. The molecular weight excluding hydrogens is 246 g/mol. The highest BCUT2D eigenvalue weighted by Crippen LogP contribution is 2.16. The smallest absolute Gasteiger partial charge is 0.317 e. The molecule has 0 heterocycles. The maximum atomic E-state index is 11.3. The Balaban J connectivity index is 4.32. The molecule has 2 atom stereocenters. The summed E-state index contributed by atoms with van der Waals surface area (Å²) in [7, 11) is 3.10. The van der Waals surface area contributed by atoms with Gasteiger partial charge in [-0.2, -0.15) is 0 Å². The van der Waals surface area contributed by atoms with E-state index in [1.54, 1.807) is 7.05 Å². The van der Waals surface area contributed by atoms with Crippen LogP contribution < -0.4 is 16.4 Å². The van der Waals surface area contributed by atoms with Gasteiger partial charge in [0, 0.05) is 19.2 Å². The number of carbonyl (C=O) groups is 3. The number of carbonyl (C=O) groups excluding carboxylic acids is 2. The minimum absolute atomic E-state index is 0.233. The summed E-state index contributed by atoms with van der Waals surface area (Å²) in [6.45, 7) is 0. The first-order chi connectivity index (χ1) is 7.92. The molecule has 0 aromatic carbocycles. The number of nitrogens with one attached hydrogen (secondary N) is 2. The lowest BCUT2D eigenvalue weighted by atomic mass is 10.3. The predicted octanol–water partition coefficient (Wildman–Crippen LogP) is -1.62. The Morgan fingerprint density at radius 1 is 1.35 bits per heavy atom. The van der Waals surface area contributed by atoms with Gasteiger partial charge in [-0.15, -0.1) is 11.8 Å². The van der Waals surface area contributed by atoms with Crippen LogP contribution in [0.1, 0.15) is 6.42 Å². The topological polar surface area (TPSA) is 122 Å². The van der Waals surface area contributed by atoms with Crippen LogP contribution in [-0.4, -0.2) is 54.0 Å². The molecule has 0 aromatic rings. The Bertz CT molecular complexity index is 298. The van der Waals surface area contributed by atoms with Crippen molar-refractivity contribution in [2.24, 2.45) is 5.73 Å². The lowest BCUT2D eigenvalue weighted by molar-refractivity contribution is -0.137. The number of carboxylic acids is 1. The molecule has 8 heteroatoms. The molecule has 7 nitrogen and oxygen atoms in total. The molecule has 0 bridgehead atoms. The highest BCUT2D eigenvalue weighted by atomic mass is 32.2. The average molecular weight is 263 g/mol. The third-order valence-electron chi connectivity index (χ3n) is 2.04. The quantitative estimate of drug-likeness (QED) is 0.418. The van der Waals surface area contributed by atoms with Crippen molar-refractivity contribution in [1.29, 1.82) is 0 Å². The van der Waals surface area contributed by atoms with Gasteiger partial charge in [-0.05, 0) is 7.05 Å². The van der Waals surface area contributed by atoms with Crippen LogP contribution in [0.4, 0.5) is 0 Å². The molecule has 0 rings (SSSR count). The summed E-state index contributed by atoms with van der Waals surface area (Å²) in [4.78, 5) is 32.8. The number of hydrogen-bond acceptors (Lipinski definition) is 5. The highest BCUT2D eigenvalue weighted by Gasteiger charge is 2.24. The van der Waals surface area contributed by atoms with E-state index >= 15 is 0 Å². The predicted molar refractivity (Wildman–Crippen MR) is 64.6 cm³/mol. The molecule has 2 amide bonds. The number of carboxylic acid groups (broad SMARTS) is 1. The van der Waals surface area contributed by atoms with Crippen LogP contribution in [0.2, 0.25) is 0 Å². The number of nitrogens with two attached hydrogens (primary N) is 1. The van der Waals surface area contributed by atoms with Gasteiger partial charge in [0.25, 0.3) is 0 Å². The minimum Gasteiger partial charge on any atom is -0.480 e. The average Bonchev–Trinajstić information content (AvgIpc) is 2.26. The molecule has 0 saturated heterocycles. The summed E-state index contributed by atoms with van der Waals surface area (Å²) in [5.41, 5.74) is 4.95. The third kappa shape index (κ3) is 6.12. The number of aliphatic carboxylic acids is 1. The van der Waals surface area contributed by atoms with Crippen LogP contribution in [0.3, 0.4) is 0 Å². The van der Waals surface area contributed by atoms with E-state index in [0.717, 1.165) is 11.8 Å². The molecule has 0 fully saturated rings. The summed E-state index contributed by atoms with van der Waals surface area (Å²) in [6, 6.07) is -0.500. The van der Waals surface area contributed by atoms with Crippen molar-refractivity contribution in [3.05, 3.63) is 0 Å². The molecule has 98 valence electrons. The van der Waals surface area contributed by atoms with Gasteiger partial charge in [-0.1, -0.05) is 0 Å². The van der Waals surface area contributed by atoms with Gasteiger partial charge in [0.2, 0.25) is 11.8 Å². The Kier molecular flexibility index (Phi) is 7.31. The first kappa shape index (κ1) is 15.7. The summed E-state index contributed by atoms with van der Waals surface area (Å²) in [5.74, 6) is -1.77. The van der Waals surface area contributed by atoms with Gasteiger partial charge in [0.15, 0.2) is 0 Å². The van der Waals surface area contributed by atoms with Gasteiger partial charge < -0.3 is 21.5 Å². The van der Waals surface area contributed by atoms with Crippen LogP contribution in [0.5, 0.6) is 0 Å². The molecule has 17 heavy (non-hydrogen) atoms. The molecule has 0 aromatic heterocycles. The van der Waals surface area contributed by atoms with E-state index in [2.05, 4.69) is 10.6 Å². The van der Waals surface area contributed by atoms with E-state index in [1.807, 2.05) is 0 Å². The Morgan fingerprint density at radius 3 is 2.29 bits per heavy atom. The molecule has 0 spiro atoms. The number of rotatable bonds is 8. The molecule has 0 radical (unpaired) electrons. The van der Waals surface area contributed by atoms with Gasteiger partial charge >= 0.3 is 5.97 Å². The molecule has 0 saturated carbocycles. The van der Waals surface area contributed by atoms with E-state index in [0.29, 0.717) is 0 Å². The fraction of sp³-hybridized carbons (Fsp3) is 0.667. The first-order valence-corrected chi connectivity index (χ1v) is 5.98. The van der Waals surface area contributed by atoms with Crippen LogP contribution >= 0.6 is 11.8 Å². The van der Waals surface area contributed by atoms with Crippen molar-refractivity contribution in [3.8, 4) is 0 Å². The van der Waals surface area contributed by atoms with E-state index in [9.17, 15) is 14.4 Å². The van der Waals surface area contributed by atoms with E-state index in [-0.39, 0.29) is 18.1 Å². The lowest BCUT2D eigenvalue weighted by Gasteiger charge is -2.16. The maximum absolute atomic E-state index is 11.3. The number of amides is 2. The van der Waals surface area contributed by atoms with Gasteiger partial charge in [0.1, 0.15) is 5.25 Å². The maximum Gasteiger partial charge on any atom is 0.317 e. The SMILES string of the molecule is CNC(=O)[C@H](CSC(CC(N)=O)C(=O)O)NC. The number of thioether (sulfide) groups is 1. The normalized spacial score (nSPS) is 13.8. The molecule has 0 aliphatic rings. The second-order valence-corrected chi connectivity index (χ2v) is 4.52. The van der Waals surface area contributed by atoms with Crippen molar-refractivity contribution < 1.29 is 19.5 Å². The van der Waals surface area contributed by atoms with E-state index in [4.69, 9.17) is 10.8 Å². The Morgan fingerprint density at radius 2 is 1.94 bits per heavy atom. The summed E-state index contributed by atoms with van der Waals surface area (Å²) < 4.78 is 0. The highest BCUT2D eigenvalue weighted by molar-refractivity contribution is 8.00. The summed E-state index contributed by atoms with van der Waals surface area (Å²) in [5, 5.41) is 13.1. The zero-order chi connectivity index (χ0) is 13.4. The summed E-state index contributed by atoms with van der Waals surface area (Å²) in [6.07, 6.45) is -0.246. The number of primary amides is 1.